The van der Waals surface area contributed by atoms with Crippen molar-refractivity contribution in [2.24, 2.45) is 7.05 Å². The van der Waals surface area contributed by atoms with Gasteiger partial charge in [0.2, 0.25) is 5.91 Å². The first kappa shape index (κ1) is 19.9. The zero-order valence-electron chi connectivity index (χ0n) is 18.4. The minimum atomic E-state index is -0.0178. The maximum Gasteiger partial charge on any atom is 0.254 e. The lowest BCUT2D eigenvalue weighted by atomic mass is 9.96. The summed E-state index contributed by atoms with van der Waals surface area (Å²) >= 11 is 0. The molecule has 1 unspecified atom stereocenters. The molecule has 3 aromatic rings. The average molecular weight is 416 g/mol. The van der Waals surface area contributed by atoms with Crippen molar-refractivity contribution in [1.29, 1.82) is 0 Å². The molecule has 3 atom stereocenters. The maximum atomic E-state index is 13.7. The summed E-state index contributed by atoms with van der Waals surface area (Å²) in [6, 6.07) is 17.0. The molecule has 2 saturated heterocycles. The van der Waals surface area contributed by atoms with Crippen molar-refractivity contribution in [3.8, 4) is 11.3 Å². The first-order valence-electron chi connectivity index (χ1n) is 11.2. The van der Waals surface area contributed by atoms with Gasteiger partial charge < -0.3 is 14.8 Å². The minimum absolute atomic E-state index is 0.0178. The molecule has 31 heavy (non-hydrogen) atoms. The molecule has 2 aliphatic rings. The van der Waals surface area contributed by atoms with Gasteiger partial charge in [0.15, 0.2) is 0 Å². The molecule has 5 heteroatoms. The molecule has 0 saturated carbocycles. The Kier molecular flexibility index (Phi) is 4.84. The molecule has 2 aliphatic heterocycles. The number of nitrogens with zero attached hydrogens (tertiary/aromatic N) is 2. The predicted molar refractivity (Wildman–Crippen MR) is 123 cm³/mol. The molecular formula is C26H29N3O2. The highest BCUT2D eigenvalue weighted by atomic mass is 16.2. The number of aromatic nitrogens is 1. The van der Waals surface area contributed by atoms with Gasteiger partial charge in [-0.25, -0.2) is 0 Å². The zero-order chi connectivity index (χ0) is 21.7. The largest absolute Gasteiger partial charge is 0.349 e. The lowest BCUT2D eigenvalue weighted by Crippen LogP contribution is -2.51. The molecule has 160 valence electrons. The smallest absolute Gasteiger partial charge is 0.254 e. The van der Waals surface area contributed by atoms with E-state index < -0.39 is 0 Å². The van der Waals surface area contributed by atoms with Gasteiger partial charge in [0.25, 0.3) is 5.91 Å². The van der Waals surface area contributed by atoms with Crippen LogP contribution in [-0.2, 0) is 11.8 Å². The second-order valence-electron chi connectivity index (χ2n) is 9.12. The fourth-order valence-corrected chi connectivity index (χ4v) is 5.79. The minimum Gasteiger partial charge on any atom is -0.349 e. The number of hydrogen-bond acceptors (Lipinski definition) is 2. The molecule has 2 aromatic carbocycles. The number of carbonyl (C=O) groups is 2. The van der Waals surface area contributed by atoms with E-state index in [1.807, 2.05) is 30.1 Å². The SMILES string of the molecule is CC(=O)N1[C@@H]2CC[C@H]1CC(NC(=O)c1c(-c3ccccc3)n(C)c3ccc(C)cc13)C2. The molecule has 1 N–H and O–H groups in total. The summed E-state index contributed by atoms with van der Waals surface area (Å²) in [4.78, 5) is 27.8. The van der Waals surface area contributed by atoms with Gasteiger partial charge in [0.05, 0.1) is 11.3 Å². The summed E-state index contributed by atoms with van der Waals surface area (Å²) < 4.78 is 2.13. The fourth-order valence-electron chi connectivity index (χ4n) is 5.79. The Morgan fingerprint density at radius 2 is 1.68 bits per heavy atom. The number of hydrogen-bond donors (Lipinski definition) is 1. The summed E-state index contributed by atoms with van der Waals surface area (Å²) in [7, 11) is 2.03. The van der Waals surface area contributed by atoms with E-state index in [2.05, 4.69) is 47.1 Å². The summed E-state index contributed by atoms with van der Waals surface area (Å²) in [5.41, 5.74) is 4.92. The lowest BCUT2D eigenvalue weighted by molar-refractivity contribution is -0.133. The van der Waals surface area contributed by atoms with Crippen molar-refractivity contribution in [3.05, 3.63) is 59.7 Å². The van der Waals surface area contributed by atoms with Crippen LogP contribution in [0.5, 0.6) is 0 Å². The number of piperidine rings is 1. The van der Waals surface area contributed by atoms with Gasteiger partial charge in [-0.3, -0.25) is 9.59 Å². The van der Waals surface area contributed by atoms with Crippen molar-refractivity contribution in [1.82, 2.24) is 14.8 Å². The highest BCUT2D eigenvalue weighted by molar-refractivity contribution is 6.13. The van der Waals surface area contributed by atoms with Gasteiger partial charge in [-0.15, -0.1) is 0 Å². The van der Waals surface area contributed by atoms with Crippen LogP contribution in [-0.4, -0.2) is 39.4 Å². The number of fused-ring (bicyclic) bond motifs is 3. The zero-order valence-corrected chi connectivity index (χ0v) is 18.4. The quantitative estimate of drug-likeness (QED) is 0.688. The normalized spacial score (nSPS) is 22.7. The van der Waals surface area contributed by atoms with Crippen molar-refractivity contribution in [2.45, 2.75) is 57.7 Å². The Bertz CT molecular complexity index is 1150. The number of aryl methyl sites for hydroxylation is 2. The molecule has 0 spiro atoms. The number of rotatable bonds is 3. The van der Waals surface area contributed by atoms with Crippen molar-refractivity contribution < 1.29 is 9.59 Å². The highest BCUT2D eigenvalue weighted by Crippen LogP contribution is 2.37. The van der Waals surface area contributed by atoms with Crippen LogP contribution >= 0.6 is 0 Å². The van der Waals surface area contributed by atoms with E-state index in [0.717, 1.165) is 59.0 Å². The van der Waals surface area contributed by atoms with Gasteiger partial charge in [-0.2, -0.15) is 0 Å². The molecule has 0 aliphatic carbocycles. The van der Waals surface area contributed by atoms with E-state index >= 15 is 0 Å². The van der Waals surface area contributed by atoms with Crippen LogP contribution in [0.15, 0.2) is 48.5 Å². The average Bonchev–Trinajstić information content (AvgIpc) is 3.19. The molecule has 1 aromatic heterocycles. The van der Waals surface area contributed by atoms with Gasteiger partial charge in [0, 0.05) is 43.0 Å². The summed E-state index contributed by atoms with van der Waals surface area (Å²) in [5.74, 6) is 0.142. The Hall–Kier alpha value is -3.08. The van der Waals surface area contributed by atoms with Gasteiger partial charge in [0.1, 0.15) is 0 Å². The topological polar surface area (TPSA) is 54.3 Å². The first-order chi connectivity index (χ1) is 14.9. The predicted octanol–water partition coefficient (Wildman–Crippen LogP) is 4.43. The van der Waals surface area contributed by atoms with E-state index in [9.17, 15) is 9.59 Å². The maximum absolute atomic E-state index is 13.7. The van der Waals surface area contributed by atoms with Crippen LogP contribution in [0, 0.1) is 6.92 Å². The monoisotopic (exact) mass is 415 g/mol. The number of carbonyl (C=O) groups excluding carboxylic acids is 2. The van der Waals surface area contributed by atoms with Crippen LogP contribution in [0.25, 0.3) is 22.2 Å². The molecular weight excluding hydrogens is 386 g/mol. The van der Waals surface area contributed by atoms with E-state index in [1.165, 1.54) is 0 Å². The Balaban J connectivity index is 1.52. The van der Waals surface area contributed by atoms with Gasteiger partial charge in [-0.1, -0.05) is 42.0 Å². The number of amides is 2. The first-order valence-corrected chi connectivity index (χ1v) is 11.2. The molecule has 3 heterocycles. The van der Waals surface area contributed by atoms with Gasteiger partial charge in [-0.05, 0) is 50.3 Å². The Labute approximate surface area is 183 Å². The molecule has 5 rings (SSSR count). The lowest BCUT2D eigenvalue weighted by Gasteiger charge is -2.38. The van der Waals surface area contributed by atoms with E-state index in [4.69, 9.17) is 0 Å². The summed E-state index contributed by atoms with van der Waals surface area (Å²) in [6.45, 7) is 3.72. The van der Waals surface area contributed by atoms with Crippen LogP contribution in [0.1, 0.15) is 48.5 Å². The van der Waals surface area contributed by atoms with E-state index in [1.54, 1.807) is 6.92 Å². The third-order valence-corrected chi connectivity index (χ3v) is 7.06. The third kappa shape index (κ3) is 3.32. The van der Waals surface area contributed by atoms with Crippen LogP contribution in [0.3, 0.4) is 0 Å². The summed E-state index contributed by atoms with van der Waals surface area (Å²) in [6.07, 6.45) is 3.76. The fraction of sp³-hybridized carbons (Fsp3) is 0.385. The van der Waals surface area contributed by atoms with Crippen molar-refractivity contribution >= 4 is 22.7 Å². The molecule has 2 fully saturated rings. The number of benzene rings is 2. The van der Waals surface area contributed by atoms with Gasteiger partial charge >= 0.3 is 0 Å². The molecule has 2 bridgehead atoms. The molecule has 2 amide bonds. The number of nitrogens with one attached hydrogen (secondary N) is 1. The molecule has 0 radical (unpaired) electrons. The van der Waals surface area contributed by atoms with Crippen LogP contribution in [0.4, 0.5) is 0 Å². The van der Waals surface area contributed by atoms with E-state index in [0.29, 0.717) is 0 Å². The Morgan fingerprint density at radius 1 is 1.00 bits per heavy atom. The van der Waals surface area contributed by atoms with E-state index in [-0.39, 0.29) is 29.9 Å². The Morgan fingerprint density at radius 3 is 2.32 bits per heavy atom. The highest BCUT2D eigenvalue weighted by Gasteiger charge is 2.42. The van der Waals surface area contributed by atoms with Crippen LogP contribution < -0.4 is 5.32 Å². The molecule has 5 nitrogen and oxygen atoms in total. The van der Waals surface area contributed by atoms with Crippen molar-refractivity contribution in [2.75, 3.05) is 0 Å². The third-order valence-electron chi connectivity index (χ3n) is 7.06. The second-order valence-corrected chi connectivity index (χ2v) is 9.12. The van der Waals surface area contributed by atoms with Crippen LogP contribution in [0.2, 0.25) is 0 Å². The van der Waals surface area contributed by atoms with Crippen molar-refractivity contribution in [3.63, 3.8) is 0 Å². The second kappa shape index (κ2) is 7.56. The summed E-state index contributed by atoms with van der Waals surface area (Å²) in [5, 5.41) is 4.33. The standard InChI is InChI=1S/C26H29N3O2/c1-16-9-12-23-22(13-16)24(25(28(23)3)18-7-5-4-6-8-18)26(31)27-19-14-20-10-11-21(15-19)29(20)17(2)30/h4-9,12-13,19-21H,10-11,14-15H2,1-3H3,(H,27,31)/t19?,20-,21+.